The first-order valence-electron chi connectivity index (χ1n) is 7.27. The number of carbonyl (C=O) groups is 1. The summed E-state index contributed by atoms with van der Waals surface area (Å²) in [6, 6.07) is 9.72. The molecule has 2 aromatic rings. The summed E-state index contributed by atoms with van der Waals surface area (Å²) >= 11 is 0. The van der Waals surface area contributed by atoms with E-state index in [0.717, 1.165) is 17.8 Å². The molecule has 21 heavy (non-hydrogen) atoms. The fourth-order valence-corrected chi connectivity index (χ4v) is 2.06. The van der Waals surface area contributed by atoms with Crippen LogP contribution in [0.4, 0.5) is 5.69 Å². The molecule has 1 aromatic heterocycles. The number of aromatic nitrogens is 2. The zero-order chi connectivity index (χ0) is 15.1. The highest BCUT2D eigenvalue weighted by Crippen LogP contribution is 2.17. The zero-order valence-electron chi connectivity index (χ0n) is 12.5. The fraction of sp³-hybridized carbons (Fsp3) is 0.375. The lowest BCUT2D eigenvalue weighted by Gasteiger charge is -2.15. The Kier molecular flexibility index (Phi) is 5.51. The van der Waals surface area contributed by atoms with Gasteiger partial charge in [-0.15, -0.1) is 0 Å². The standard InChI is InChI=1S/C16H22N4O/c1-3-17-11-13(2)16(21)19-15-8-5-4-7-14(15)12-20-10-6-9-18-20/h4-10,13,17H,3,11-12H2,1-2H3,(H,19,21). The van der Waals surface area contributed by atoms with Gasteiger partial charge in [-0.2, -0.15) is 5.10 Å². The minimum atomic E-state index is -0.0669. The molecule has 0 aliphatic carbocycles. The molecular weight excluding hydrogens is 264 g/mol. The van der Waals surface area contributed by atoms with E-state index in [9.17, 15) is 4.79 Å². The normalized spacial score (nSPS) is 12.1. The van der Waals surface area contributed by atoms with Gasteiger partial charge in [0.15, 0.2) is 0 Å². The third-order valence-electron chi connectivity index (χ3n) is 3.31. The van der Waals surface area contributed by atoms with Crippen LogP contribution in [0.1, 0.15) is 19.4 Å². The molecule has 5 heteroatoms. The first kappa shape index (κ1) is 15.3. The summed E-state index contributed by atoms with van der Waals surface area (Å²) in [7, 11) is 0. The van der Waals surface area contributed by atoms with Gasteiger partial charge in [-0.25, -0.2) is 0 Å². The average Bonchev–Trinajstić information content (AvgIpc) is 2.99. The lowest BCUT2D eigenvalue weighted by Crippen LogP contribution is -2.30. The predicted octanol–water partition coefficient (Wildman–Crippen LogP) is 2.12. The summed E-state index contributed by atoms with van der Waals surface area (Å²) in [5.74, 6) is -0.0356. The highest BCUT2D eigenvalue weighted by atomic mass is 16.1. The van der Waals surface area contributed by atoms with Crippen LogP contribution in [0.15, 0.2) is 42.7 Å². The van der Waals surface area contributed by atoms with Gasteiger partial charge < -0.3 is 10.6 Å². The van der Waals surface area contributed by atoms with E-state index < -0.39 is 0 Å². The average molecular weight is 286 g/mol. The van der Waals surface area contributed by atoms with Crippen LogP contribution < -0.4 is 10.6 Å². The van der Waals surface area contributed by atoms with Crippen molar-refractivity contribution in [1.29, 1.82) is 0 Å². The van der Waals surface area contributed by atoms with E-state index in [-0.39, 0.29) is 11.8 Å². The molecule has 0 bridgehead atoms. The van der Waals surface area contributed by atoms with Crippen LogP contribution in [0.3, 0.4) is 0 Å². The Balaban J connectivity index is 2.04. The Hall–Kier alpha value is -2.14. The van der Waals surface area contributed by atoms with Gasteiger partial charge in [-0.3, -0.25) is 9.48 Å². The summed E-state index contributed by atoms with van der Waals surface area (Å²) in [4.78, 5) is 12.2. The Morgan fingerprint density at radius 3 is 2.86 bits per heavy atom. The fourth-order valence-electron chi connectivity index (χ4n) is 2.06. The molecule has 1 unspecified atom stereocenters. The maximum absolute atomic E-state index is 12.2. The van der Waals surface area contributed by atoms with Crippen molar-refractivity contribution in [3.63, 3.8) is 0 Å². The molecule has 0 fully saturated rings. The molecule has 2 N–H and O–H groups in total. The number of anilines is 1. The minimum absolute atomic E-state index is 0.0314. The quantitative estimate of drug-likeness (QED) is 0.819. The molecule has 1 heterocycles. The van der Waals surface area contributed by atoms with E-state index in [1.165, 1.54) is 0 Å². The zero-order valence-corrected chi connectivity index (χ0v) is 12.5. The monoisotopic (exact) mass is 286 g/mol. The first-order valence-corrected chi connectivity index (χ1v) is 7.27. The van der Waals surface area contributed by atoms with Crippen molar-refractivity contribution in [3.8, 4) is 0 Å². The summed E-state index contributed by atoms with van der Waals surface area (Å²) in [5.41, 5.74) is 1.89. The van der Waals surface area contributed by atoms with Gasteiger partial charge >= 0.3 is 0 Å². The second kappa shape index (κ2) is 7.59. The Bertz CT molecular complexity index is 565. The smallest absolute Gasteiger partial charge is 0.228 e. The Labute approximate surface area is 125 Å². The lowest BCUT2D eigenvalue weighted by atomic mass is 10.1. The van der Waals surface area contributed by atoms with Crippen LogP contribution in [0.25, 0.3) is 0 Å². The number of hydrogen-bond acceptors (Lipinski definition) is 3. The molecule has 5 nitrogen and oxygen atoms in total. The third-order valence-corrected chi connectivity index (χ3v) is 3.31. The van der Waals surface area contributed by atoms with E-state index in [1.54, 1.807) is 6.20 Å². The van der Waals surface area contributed by atoms with Crippen LogP contribution in [0, 0.1) is 5.92 Å². The Morgan fingerprint density at radius 2 is 2.14 bits per heavy atom. The van der Waals surface area contributed by atoms with Gasteiger partial charge in [0.1, 0.15) is 0 Å². The number of nitrogens with zero attached hydrogens (tertiary/aromatic N) is 2. The summed E-state index contributed by atoms with van der Waals surface area (Å²) < 4.78 is 1.84. The molecule has 0 spiro atoms. The number of carbonyl (C=O) groups excluding carboxylic acids is 1. The van der Waals surface area contributed by atoms with Gasteiger partial charge in [0.25, 0.3) is 0 Å². The first-order chi connectivity index (χ1) is 10.2. The van der Waals surface area contributed by atoms with Gasteiger partial charge in [0.2, 0.25) is 5.91 Å². The summed E-state index contributed by atoms with van der Waals surface area (Å²) in [6.07, 6.45) is 3.66. The van der Waals surface area contributed by atoms with Crippen LogP contribution >= 0.6 is 0 Å². The van der Waals surface area contributed by atoms with Crippen molar-refractivity contribution in [1.82, 2.24) is 15.1 Å². The van der Waals surface area contributed by atoms with Crippen LogP contribution in [0.2, 0.25) is 0 Å². The second-order valence-electron chi connectivity index (χ2n) is 5.06. The number of para-hydroxylation sites is 1. The summed E-state index contributed by atoms with van der Waals surface area (Å²) in [6.45, 7) is 6.15. The number of rotatable bonds is 7. The van der Waals surface area contributed by atoms with Gasteiger partial charge in [0, 0.05) is 30.5 Å². The molecule has 0 saturated carbocycles. The molecule has 2 rings (SSSR count). The van der Waals surface area contributed by atoms with Crippen molar-refractivity contribution >= 4 is 11.6 Å². The van der Waals surface area contributed by atoms with Gasteiger partial charge in [0.05, 0.1) is 6.54 Å². The molecule has 1 aromatic carbocycles. The SMILES string of the molecule is CCNCC(C)C(=O)Nc1ccccc1Cn1cccn1. The molecule has 0 saturated heterocycles. The second-order valence-corrected chi connectivity index (χ2v) is 5.06. The van der Waals surface area contributed by atoms with Gasteiger partial charge in [-0.1, -0.05) is 32.0 Å². The van der Waals surface area contributed by atoms with Crippen LogP contribution in [-0.4, -0.2) is 28.8 Å². The van der Waals surface area contributed by atoms with E-state index in [1.807, 2.05) is 55.1 Å². The van der Waals surface area contributed by atoms with Crippen molar-refractivity contribution in [3.05, 3.63) is 48.3 Å². The molecule has 112 valence electrons. The number of amides is 1. The number of benzene rings is 1. The maximum Gasteiger partial charge on any atom is 0.228 e. The van der Waals surface area contributed by atoms with E-state index in [2.05, 4.69) is 15.7 Å². The summed E-state index contributed by atoms with van der Waals surface area (Å²) in [5, 5.41) is 10.4. The van der Waals surface area contributed by atoms with Crippen molar-refractivity contribution in [2.45, 2.75) is 20.4 Å². The topological polar surface area (TPSA) is 59.0 Å². The van der Waals surface area contributed by atoms with Crippen LogP contribution in [-0.2, 0) is 11.3 Å². The van der Waals surface area contributed by atoms with Crippen LogP contribution in [0.5, 0.6) is 0 Å². The van der Waals surface area contributed by atoms with Crippen molar-refractivity contribution in [2.75, 3.05) is 18.4 Å². The van der Waals surface area contributed by atoms with Crippen molar-refractivity contribution in [2.24, 2.45) is 5.92 Å². The highest BCUT2D eigenvalue weighted by molar-refractivity contribution is 5.93. The maximum atomic E-state index is 12.2. The molecule has 1 amide bonds. The number of hydrogen-bond donors (Lipinski definition) is 2. The lowest BCUT2D eigenvalue weighted by molar-refractivity contribution is -0.119. The molecular formula is C16H22N4O. The minimum Gasteiger partial charge on any atom is -0.325 e. The third kappa shape index (κ3) is 4.43. The number of nitrogens with one attached hydrogen (secondary N) is 2. The van der Waals surface area contributed by atoms with Crippen molar-refractivity contribution < 1.29 is 4.79 Å². The molecule has 0 aliphatic heterocycles. The molecule has 1 atom stereocenters. The van der Waals surface area contributed by atoms with E-state index in [4.69, 9.17) is 0 Å². The molecule has 0 aliphatic rings. The highest BCUT2D eigenvalue weighted by Gasteiger charge is 2.14. The van der Waals surface area contributed by atoms with Gasteiger partial charge in [-0.05, 0) is 24.2 Å². The largest absolute Gasteiger partial charge is 0.325 e. The van der Waals surface area contributed by atoms with E-state index in [0.29, 0.717) is 13.1 Å². The molecule has 0 radical (unpaired) electrons. The Morgan fingerprint density at radius 1 is 1.33 bits per heavy atom. The predicted molar refractivity (Wildman–Crippen MR) is 84.1 cm³/mol. The van der Waals surface area contributed by atoms with E-state index >= 15 is 0 Å².